The molecule has 0 unspecified atom stereocenters. The predicted molar refractivity (Wildman–Crippen MR) is 113 cm³/mol. The van der Waals surface area contributed by atoms with Gasteiger partial charge in [-0.15, -0.1) is 0 Å². The summed E-state index contributed by atoms with van der Waals surface area (Å²) < 4.78 is 7.87. The highest BCUT2D eigenvalue weighted by molar-refractivity contribution is 6.30. The minimum atomic E-state index is 0.696. The predicted octanol–water partition coefficient (Wildman–Crippen LogP) is 5.14. The Kier molecular flexibility index (Phi) is 5.10. The van der Waals surface area contributed by atoms with Crippen LogP contribution in [0.25, 0.3) is 16.9 Å². The van der Waals surface area contributed by atoms with Gasteiger partial charge in [-0.1, -0.05) is 42.6 Å². The van der Waals surface area contributed by atoms with E-state index in [1.54, 1.807) is 0 Å². The van der Waals surface area contributed by atoms with E-state index in [2.05, 4.69) is 39.8 Å². The van der Waals surface area contributed by atoms with Crippen molar-refractivity contribution in [1.29, 1.82) is 0 Å². The molecule has 0 amide bonds. The summed E-state index contributed by atoms with van der Waals surface area (Å²) in [6.07, 6.45) is 7.66. The molecule has 0 radical (unpaired) electrons. The highest BCUT2D eigenvalue weighted by atomic mass is 35.5. The van der Waals surface area contributed by atoms with Gasteiger partial charge in [0.2, 0.25) is 0 Å². The molecule has 1 saturated carbocycles. The summed E-state index contributed by atoms with van der Waals surface area (Å²) in [5.41, 5.74) is 5.92. The number of fused-ring (bicyclic) bond motifs is 1. The van der Waals surface area contributed by atoms with Gasteiger partial charge in [0.25, 0.3) is 0 Å². The Morgan fingerprint density at radius 3 is 2.50 bits per heavy atom. The van der Waals surface area contributed by atoms with E-state index >= 15 is 0 Å². The van der Waals surface area contributed by atoms with Crippen LogP contribution < -0.4 is 0 Å². The van der Waals surface area contributed by atoms with E-state index in [0.29, 0.717) is 5.92 Å². The van der Waals surface area contributed by atoms with Crippen molar-refractivity contribution in [3.63, 3.8) is 0 Å². The van der Waals surface area contributed by atoms with Crippen LogP contribution in [-0.4, -0.2) is 40.6 Å². The number of imidazole rings is 1. The van der Waals surface area contributed by atoms with Gasteiger partial charge >= 0.3 is 0 Å². The quantitative estimate of drug-likeness (QED) is 0.612. The zero-order valence-electron chi connectivity index (χ0n) is 16.1. The summed E-state index contributed by atoms with van der Waals surface area (Å²) in [7, 11) is 0. The van der Waals surface area contributed by atoms with E-state index in [1.807, 2.05) is 12.1 Å². The molecule has 3 heterocycles. The molecule has 2 aliphatic rings. The number of ether oxygens (including phenoxy) is 1. The summed E-state index contributed by atoms with van der Waals surface area (Å²) in [6.45, 7) is 4.43. The molecule has 2 aromatic heterocycles. The molecule has 0 atom stereocenters. The van der Waals surface area contributed by atoms with Gasteiger partial charge in [-0.3, -0.25) is 4.90 Å². The van der Waals surface area contributed by atoms with Crippen LogP contribution in [0.15, 0.2) is 42.6 Å². The second kappa shape index (κ2) is 7.86. The van der Waals surface area contributed by atoms with Crippen LogP contribution >= 0.6 is 11.6 Å². The lowest BCUT2D eigenvalue weighted by atomic mass is 10.00. The Hall–Kier alpha value is -1.88. The first-order chi connectivity index (χ1) is 13.8. The van der Waals surface area contributed by atoms with Crippen LogP contribution in [0, 0.1) is 0 Å². The molecular formula is C23H26ClN3O. The number of hydrogen-bond acceptors (Lipinski definition) is 3. The number of halogens is 1. The maximum absolute atomic E-state index is 6.12. The van der Waals surface area contributed by atoms with Crippen molar-refractivity contribution in [3.05, 3.63) is 58.9 Å². The van der Waals surface area contributed by atoms with Gasteiger partial charge in [0.15, 0.2) is 0 Å². The molecule has 5 rings (SSSR count). The van der Waals surface area contributed by atoms with Gasteiger partial charge in [0.05, 0.1) is 24.6 Å². The van der Waals surface area contributed by atoms with Gasteiger partial charge in [-0.25, -0.2) is 4.98 Å². The Balaban J connectivity index is 1.59. The molecule has 0 spiro atoms. The Bertz CT molecular complexity index is 954. The van der Waals surface area contributed by atoms with Crippen LogP contribution in [0.3, 0.4) is 0 Å². The summed E-state index contributed by atoms with van der Waals surface area (Å²) in [5, 5.41) is 0.755. The minimum absolute atomic E-state index is 0.696. The molecule has 1 aliphatic heterocycles. The molecule has 3 aromatic rings. The smallest absolute Gasteiger partial charge is 0.137 e. The van der Waals surface area contributed by atoms with E-state index in [1.165, 1.54) is 36.9 Å². The fourth-order valence-electron chi connectivity index (χ4n) is 4.57. The largest absolute Gasteiger partial charge is 0.379 e. The second-order valence-electron chi connectivity index (χ2n) is 7.97. The molecule has 0 N–H and O–H groups in total. The fraction of sp³-hybridized carbons (Fsp3) is 0.435. The number of nitrogens with zero attached hydrogens (tertiary/aromatic N) is 3. The summed E-state index contributed by atoms with van der Waals surface area (Å²) in [5.74, 6) is 0.696. The first-order valence-electron chi connectivity index (χ1n) is 10.3. The van der Waals surface area contributed by atoms with Crippen LogP contribution in [0.2, 0.25) is 5.02 Å². The van der Waals surface area contributed by atoms with Gasteiger partial charge in [0.1, 0.15) is 5.65 Å². The first-order valence-corrected chi connectivity index (χ1v) is 10.7. The van der Waals surface area contributed by atoms with E-state index in [0.717, 1.165) is 54.8 Å². The average Bonchev–Trinajstić information content (AvgIpc) is 3.38. The van der Waals surface area contributed by atoms with E-state index in [-0.39, 0.29) is 0 Å². The zero-order chi connectivity index (χ0) is 18.9. The number of benzene rings is 1. The number of aromatic nitrogens is 2. The lowest BCUT2D eigenvalue weighted by Crippen LogP contribution is -2.36. The topological polar surface area (TPSA) is 29.8 Å². The van der Waals surface area contributed by atoms with Crippen LogP contribution in [0.5, 0.6) is 0 Å². The van der Waals surface area contributed by atoms with Crippen LogP contribution in [0.1, 0.15) is 42.9 Å². The molecule has 146 valence electrons. The molecule has 4 nitrogen and oxygen atoms in total. The third-order valence-electron chi connectivity index (χ3n) is 6.16. The summed E-state index contributed by atoms with van der Waals surface area (Å²) in [4.78, 5) is 7.47. The number of hydrogen-bond donors (Lipinski definition) is 0. The number of pyridine rings is 1. The van der Waals surface area contributed by atoms with E-state index < -0.39 is 0 Å². The molecular weight excluding hydrogens is 370 g/mol. The highest BCUT2D eigenvalue weighted by Gasteiger charge is 2.21. The lowest BCUT2D eigenvalue weighted by Gasteiger charge is -2.26. The SMILES string of the molecule is Clc1ccc(-c2nc3ccc(C4CCCC4)cn3c2CN2CCOCC2)cc1. The maximum Gasteiger partial charge on any atom is 0.137 e. The highest BCUT2D eigenvalue weighted by Crippen LogP contribution is 2.35. The molecule has 5 heteroatoms. The van der Waals surface area contributed by atoms with Gasteiger partial charge in [0, 0.05) is 36.4 Å². The second-order valence-corrected chi connectivity index (χ2v) is 8.41. The van der Waals surface area contributed by atoms with E-state index in [9.17, 15) is 0 Å². The fourth-order valence-corrected chi connectivity index (χ4v) is 4.70. The molecule has 1 aromatic carbocycles. The lowest BCUT2D eigenvalue weighted by molar-refractivity contribution is 0.0336. The van der Waals surface area contributed by atoms with Crippen LogP contribution in [0.4, 0.5) is 0 Å². The van der Waals surface area contributed by atoms with Crippen LogP contribution in [-0.2, 0) is 11.3 Å². The van der Waals surface area contributed by atoms with Crippen molar-refractivity contribution < 1.29 is 4.74 Å². The van der Waals surface area contributed by atoms with Crippen molar-refractivity contribution in [2.45, 2.75) is 38.1 Å². The Morgan fingerprint density at radius 1 is 1.00 bits per heavy atom. The molecule has 2 fully saturated rings. The molecule has 28 heavy (non-hydrogen) atoms. The Labute approximate surface area is 171 Å². The van der Waals surface area contributed by atoms with Crippen molar-refractivity contribution >= 4 is 17.2 Å². The third kappa shape index (κ3) is 3.57. The van der Waals surface area contributed by atoms with Crippen molar-refractivity contribution in [1.82, 2.24) is 14.3 Å². The van der Waals surface area contributed by atoms with Crippen molar-refractivity contribution in [2.24, 2.45) is 0 Å². The maximum atomic E-state index is 6.12. The molecule has 0 bridgehead atoms. The first kappa shape index (κ1) is 18.2. The van der Waals surface area contributed by atoms with Gasteiger partial charge < -0.3 is 9.14 Å². The number of morpholine rings is 1. The summed E-state index contributed by atoms with van der Waals surface area (Å²) >= 11 is 6.12. The average molecular weight is 396 g/mol. The minimum Gasteiger partial charge on any atom is -0.379 e. The summed E-state index contributed by atoms with van der Waals surface area (Å²) in [6, 6.07) is 12.5. The number of rotatable bonds is 4. The Morgan fingerprint density at radius 2 is 1.75 bits per heavy atom. The standard InChI is InChI=1S/C23H26ClN3O/c24-20-8-5-18(6-9-20)23-21(16-26-11-13-28-14-12-26)27-15-19(7-10-22(27)25-23)17-3-1-2-4-17/h5-10,15,17H,1-4,11-14,16H2. The van der Waals surface area contributed by atoms with Gasteiger partial charge in [-0.2, -0.15) is 0 Å². The third-order valence-corrected chi connectivity index (χ3v) is 6.41. The van der Waals surface area contributed by atoms with Crippen molar-refractivity contribution in [3.8, 4) is 11.3 Å². The molecule has 1 aliphatic carbocycles. The molecule has 1 saturated heterocycles. The van der Waals surface area contributed by atoms with Gasteiger partial charge in [-0.05, 0) is 42.5 Å². The van der Waals surface area contributed by atoms with Crippen molar-refractivity contribution in [2.75, 3.05) is 26.3 Å². The van der Waals surface area contributed by atoms with E-state index in [4.69, 9.17) is 21.3 Å². The zero-order valence-corrected chi connectivity index (χ0v) is 16.9. The normalized spacial score (nSPS) is 18.9. The monoisotopic (exact) mass is 395 g/mol.